The average molecular weight is 242 g/mol. The van der Waals surface area contributed by atoms with Gasteiger partial charge in [0.2, 0.25) is 0 Å². The molecule has 0 aromatic heterocycles. The standard InChI is InChI=1S/C16H18O2/c1-2-3-4-5-6-7-15(17)11-8-14-9-12-16(18)13-10-14/h1,8-13,18H,3-7H2/b11-8+. The van der Waals surface area contributed by atoms with Crippen LogP contribution in [0.4, 0.5) is 0 Å². The molecule has 0 unspecified atom stereocenters. The van der Waals surface area contributed by atoms with Gasteiger partial charge in [0.25, 0.3) is 0 Å². The number of carbonyl (C=O) groups excluding carboxylic acids is 1. The number of carbonyl (C=O) groups is 1. The Balaban J connectivity index is 2.27. The number of phenolic OH excluding ortho intramolecular Hbond substituents is 1. The van der Waals surface area contributed by atoms with Crippen LogP contribution in [0.15, 0.2) is 30.3 Å². The van der Waals surface area contributed by atoms with Crippen molar-refractivity contribution in [3.63, 3.8) is 0 Å². The van der Waals surface area contributed by atoms with Crippen LogP contribution >= 0.6 is 0 Å². The number of benzene rings is 1. The van der Waals surface area contributed by atoms with Gasteiger partial charge >= 0.3 is 0 Å². The average Bonchev–Trinajstić information content (AvgIpc) is 2.38. The van der Waals surface area contributed by atoms with E-state index in [4.69, 9.17) is 11.5 Å². The van der Waals surface area contributed by atoms with E-state index in [-0.39, 0.29) is 11.5 Å². The predicted molar refractivity (Wildman–Crippen MR) is 74.1 cm³/mol. The summed E-state index contributed by atoms with van der Waals surface area (Å²) in [7, 11) is 0. The van der Waals surface area contributed by atoms with Crippen molar-refractivity contribution in [1.29, 1.82) is 0 Å². The van der Waals surface area contributed by atoms with Gasteiger partial charge in [0.05, 0.1) is 0 Å². The van der Waals surface area contributed by atoms with Crippen molar-refractivity contribution >= 4 is 11.9 Å². The van der Waals surface area contributed by atoms with Gasteiger partial charge in [-0.2, -0.15) is 0 Å². The first kappa shape index (κ1) is 14.1. The number of phenols is 1. The molecule has 0 aliphatic rings. The molecule has 2 nitrogen and oxygen atoms in total. The Kier molecular flexibility index (Phi) is 6.35. The van der Waals surface area contributed by atoms with Crippen LogP contribution in [0.1, 0.15) is 37.7 Å². The minimum atomic E-state index is 0.129. The lowest BCUT2D eigenvalue weighted by molar-refractivity contribution is -0.114. The highest BCUT2D eigenvalue weighted by Gasteiger charge is 1.97. The number of rotatable bonds is 7. The Bertz CT molecular complexity index is 435. The zero-order valence-corrected chi connectivity index (χ0v) is 10.4. The first-order valence-electron chi connectivity index (χ1n) is 6.16. The number of ketones is 1. The van der Waals surface area contributed by atoms with Gasteiger partial charge < -0.3 is 5.11 Å². The summed E-state index contributed by atoms with van der Waals surface area (Å²) in [5, 5.41) is 9.12. The first-order chi connectivity index (χ1) is 8.72. The molecule has 18 heavy (non-hydrogen) atoms. The smallest absolute Gasteiger partial charge is 0.155 e. The van der Waals surface area contributed by atoms with Crippen molar-refractivity contribution in [2.75, 3.05) is 0 Å². The molecule has 0 spiro atoms. The van der Waals surface area contributed by atoms with Crippen LogP contribution in [-0.4, -0.2) is 10.9 Å². The monoisotopic (exact) mass is 242 g/mol. The summed E-state index contributed by atoms with van der Waals surface area (Å²) in [6.45, 7) is 0. The third-order valence-electron chi connectivity index (χ3n) is 2.60. The molecule has 2 heteroatoms. The topological polar surface area (TPSA) is 37.3 Å². The van der Waals surface area contributed by atoms with Crippen LogP contribution in [0.2, 0.25) is 0 Å². The Morgan fingerprint density at radius 1 is 1.22 bits per heavy atom. The van der Waals surface area contributed by atoms with Crippen molar-refractivity contribution in [2.24, 2.45) is 0 Å². The van der Waals surface area contributed by atoms with Crippen molar-refractivity contribution in [2.45, 2.75) is 32.1 Å². The fraction of sp³-hybridized carbons (Fsp3) is 0.312. The number of allylic oxidation sites excluding steroid dienone is 1. The van der Waals surface area contributed by atoms with E-state index in [0.717, 1.165) is 31.2 Å². The van der Waals surface area contributed by atoms with Gasteiger partial charge in [0.1, 0.15) is 5.75 Å². The normalized spacial score (nSPS) is 10.4. The van der Waals surface area contributed by atoms with E-state index in [9.17, 15) is 4.79 Å². The molecule has 0 heterocycles. The molecule has 0 radical (unpaired) electrons. The maximum absolute atomic E-state index is 11.5. The Morgan fingerprint density at radius 2 is 1.94 bits per heavy atom. The molecular formula is C16H18O2. The number of aromatic hydroxyl groups is 1. The molecule has 0 aliphatic carbocycles. The van der Waals surface area contributed by atoms with E-state index >= 15 is 0 Å². The molecule has 1 aromatic carbocycles. The molecule has 1 aromatic rings. The zero-order chi connectivity index (χ0) is 13.2. The van der Waals surface area contributed by atoms with Gasteiger partial charge in [0, 0.05) is 12.8 Å². The largest absolute Gasteiger partial charge is 0.508 e. The van der Waals surface area contributed by atoms with E-state index in [0.29, 0.717) is 6.42 Å². The molecule has 1 rings (SSSR count). The SMILES string of the molecule is C#CCCCCCC(=O)/C=C/c1ccc(O)cc1. The van der Waals surface area contributed by atoms with E-state index in [2.05, 4.69) is 5.92 Å². The molecule has 0 bridgehead atoms. The molecule has 0 saturated carbocycles. The number of unbranched alkanes of at least 4 members (excludes halogenated alkanes) is 3. The van der Waals surface area contributed by atoms with Crippen LogP contribution in [0.5, 0.6) is 5.75 Å². The Labute approximate surface area is 108 Å². The van der Waals surface area contributed by atoms with Gasteiger partial charge in [0.15, 0.2) is 5.78 Å². The lowest BCUT2D eigenvalue weighted by Crippen LogP contribution is -1.92. The molecule has 0 saturated heterocycles. The van der Waals surface area contributed by atoms with Gasteiger partial charge in [-0.1, -0.05) is 24.6 Å². The molecule has 0 amide bonds. The quantitative estimate of drug-likeness (QED) is 0.451. The summed E-state index contributed by atoms with van der Waals surface area (Å²) in [4.78, 5) is 11.5. The minimum absolute atomic E-state index is 0.129. The van der Waals surface area contributed by atoms with Crippen molar-refractivity contribution < 1.29 is 9.90 Å². The lowest BCUT2D eigenvalue weighted by atomic mass is 10.1. The number of terminal acetylenes is 1. The van der Waals surface area contributed by atoms with Crippen molar-refractivity contribution in [1.82, 2.24) is 0 Å². The van der Waals surface area contributed by atoms with Gasteiger partial charge in [-0.05, 0) is 36.6 Å². The van der Waals surface area contributed by atoms with Gasteiger partial charge in [-0.25, -0.2) is 0 Å². The first-order valence-corrected chi connectivity index (χ1v) is 6.16. The van der Waals surface area contributed by atoms with E-state index < -0.39 is 0 Å². The second-order valence-electron chi connectivity index (χ2n) is 4.16. The van der Waals surface area contributed by atoms with Crippen molar-refractivity contribution in [3.8, 4) is 18.1 Å². The molecule has 94 valence electrons. The third-order valence-corrected chi connectivity index (χ3v) is 2.60. The maximum Gasteiger partial charge on any atom is 0.155 e. The highest BCUT2D eigenvalue weighted by atomic mass is 16.3. The van der Waals surface area contributed by atoms with Crippen LogP contribution in [0, 0.1) is 12.3 Å². The van der Waals surface area contributed by atoms with E-state index in [1.54, 1.807) is 36.4 Å². The van der Waals surface area contributed by atoms with Crippen molar-refractivity contribution in [3.05, 3.63) is 35.9 Å². The highest BCUT2D eigenvalue weighted by molar-refractivity contribution is 5.93. The third kappa shape index (κ3) is 5.91. The maximum atomic E-state index is 11.5. The van der Waals surface area contributed by atoms with E-state index in [1.807, 2.05) is 0 Å². The predicted octanol–water partition coefficient (Wildman–Crippen LogP) is 3.56. The summed E-state index contributed by atoms with van der Waals surface area (Å²) in [5.74, 6) is 2.94. The molecule has 0 aliphatic heterocycles. The molecule has 0 atom stereocenters. The molecule has 1 N–H and O–H groups in total. The fourth-order valence-corrected chi connectivity index (χ4v) is 1.56. The number of hydrogen-bond donors (Lipinski definition) is 1. The van der Waals surface area contributed by atoms with Crippen LogP contribution in [0.3, 0.4) is 0 Å². The Hall–Kier alpha value is -2.01. The van der Waals surface area contributed by atoms with Crippen LogP contribution in [0.25, 0.3) is 6.08 Å². The fourth-order valence-electron chi connectivity index (χ4n) is 1.56. The minimum Gasteiger partial charge on any atom is -0.508 e. The van der Waals surface area contributed by atoms with Gasteiger partial charge in [-0.3, -0.25) is 4.79 Å². The Morgan fingerprint density at radius 3 is 2.61 bits per heavy atom. The number of hydrogen-bond acceptors (Lipinski definition) is 2. The summed E-state index contributed by atoms with van der Waals surface area (Å²) in [6.07, 6.45) is 12.7. The summed E-state index contributed by atoms with van der Waals surface area (Å²) < 4.78 is 0. The lowest BCUT2D eigenvalue weighted by Gasteiger charge is -1.96. The summed E-state index contributed by atoms with van der Waals surface area (Å²) in [6, 6.07) is 6.74. The summed E-state index contributed by atoms with van der Waals surface area (Å²) in [5.41, 5.74) is 0.911. The second-order valence-corrected chi connectivity index (χ2v) is 4.16. The molecular weight excluding hydrogens is 224 g/mol. The zero-order valence-electron chi connectivity index (χ0n) is 10.4. The van der Waals surface area contributed by atoms with Crippen LogP contribution < -0.4 is 0 Å². The van der Waals surface area contributed by atoms with Gasteiger partial charge in [-0.15, -0.1) is 12.3 Å². The van der Waals surface area contributed by atoms with E-state index in [1.165, 1.54) is 0 Å². The summed E-state index contributed by atoms with van der Waals surface area (Å²) >= 11 is 0. The highest BCUT2D eigenvalue weighted by Crippen LogP contribution is 2.11. The second kappa shape index (κ2) is 8.14. The van der Waals surface area contributed by atoms with Crippen LogP contribution in [-0.2, 0) is 4.79 Å². The molecule has 0 fully saturated rings.